The predicted octanol–water partition coefficient (Wildman–Crippen LogP) is 3.97. The lowest BCUT2D eigenvalue weighted by Crippen LogP contribution is -2.44. The maximum Gasteiger partial charge on any atom is 0.327 e. The number of nitrogen functional groups attached to an aromatic ring is 1. The van der Waals surface area contributed by atoms with Gasteiger partial charge in [-0.3, -0.25) is 8.86 Å². The van der Waals surface area contributed by atoms with Crippen molar-refractivity contribution in [2.75, 3.05) is 16.6 Å². The molecule has 162 valence electrons. The number of aliphatic carboxylic acids is 1. The van der Waals surface area contributed by atoms with Crippen LogP contribution in [0.2, 0.25) is 0 Å². The van der Waals surface area contributed by atoms with Gasteiger partial charge in [0.2, 0.25) is 0 Å². The molecule has 0 bridgehead atoms. The Bertz CT molecular complexity index is 1050. The van der Waals surface area contributed by atoms with Crippen LogP contribution in [0, 0.1) is 0 Å². The summed E-state index contributed by atoms with van der Waals surface area (Å²) in [5.74, 6) is -0.583. The molecule has 0 amide bonds. The highest BCUT2D eigenvalue weighted by molar-refractivity contribution is 7.80. The Kier molecular flexibility index (Phi) is 7.28. The molecule has 3 aromatic rings. The molecule has 4 N–H and O–H groups in total. The first-order valence-electron chi connectivity index (χ1n) is 9.69. The Balaban J connectivity index is 1.89. The van der Waals surface area contributed by atoms with Crippen LogP contribution in [0.15, 0.2) is 72.8 Å². The highest BCUT2D eigenvalue weighted by Gasteiger charge is 2.30. The summed E-state index contributed by atoms with van der Waals surface area (Å²) in [6.45, 7) is 2.34. The summed E-state index contributed by atoms with van der Waals surface area (Å²) in [4.78, 5) is 12.0. The average molecular weight is 441 g/mol. The van der Waals surface area contributed by atoms with Gasteiger partial charge in [0, 0.05) is 12.1 Å². The molecule has 0 aliphatic heterocycles. The summed E-state index contributed by atoms with van der Waals surface area (Å²) in [5.41, 5.74) is 9.20. The number of nitrogens with two attached hydrogens (primary N) is 1. The molecule has 0 aliphatic rings. The van der Waals surface area contributed by atoms with Crippen molar-refractivity contribution in [3.8, 4) is 16.9 Å². The number of carbonyl (C=O) groups is 1. The van der Waals surface area contributed by atoms with E-state index >= 15 is 0 Å². The van der Waals surface area contributed by atoms with Gasteiger partial charge in [-0.05, 0) is 60.0 Å². The number of hydrogen-bond donors (Lipinski definition) is 3. The minimum Gasteiger partial charge on any atom is -0.494 e. The number of benzene rings is 3. The molecule has 2 atom stereocenters. The standard InChI is InChI=1S/C23H24N2O5S/c1-2-30-21-5-3-4-16(14-21)15-22(23(26)27)25(31(28)29)20-12-8-18(9-13-20)17-6-10-19(24)11-7-17/h3-14,22H,2,15,24H2,1H3,(H,26,27)(H,28,29). The second-order valence-corrected chi connectivity index (χ2v) is 7.72. The largest absolute Gasteiger partial charge is 0.494 e. The second-order valence-electron chi connectivity index (χ2n) is 6.86. The van der Waals surface area contributed by atoms with Crippen LogP contribution in [-0.4, -0.2) is 32.5 Å². The van der Waals surface area contributed by atoms with Gasteiger partial charge in [-0.15, -0.1) is 0 Å². The first-order chi connectivity index (χ1) is 14.9. The highest BCUT2D eigenvalue weighted by Crippen LogP contribution is 2.27. The number of carboxylic acids is 1. The van der Waals surface area contributed by atoms with Crippen LogP contribution in [-0.2, 0) is 22.5 Å². The van der Waals surface area contributed by atoms with Crippen molar-refractivity contribution in [1.82, 2.24) is 0 Å². The van der Waals surface area contributed by atoms with Gasteiger partial charge in [0.05, 0.1) is 12.3 Å². The second kappa shape index (κ2) is 10.1. The molecule has 0 saturated heterocycles. The molecule has 0 aromatic heterocycles. The molecule has 3 rings (SSSR count). The van der Waals surface area contributed by atoms with Gasteiger partial charge in [-0.25, -0.2) is 9.00 Å². The number of anilines is 2. The van der Waals surface area contributed by atoms with Crippen LogP contribution in [0.4, 0.5) is 11.4 Å². The Morgan fingerprint density at radius 2 is 1.68 bits per heavy atom. The topological polar surface area (TPSA) is 113 Å². The van der Waals surface area contributed by atoms with Crippen LogP contribution in [0.1, 0.15) is 12.5 Å². The summed E-state index contributed by atoms with van der Waals surface area (Å²) in [6.07, 6.45) is 0.0300. The first-order valence-corrected chi connectivity index (χ1v) is 10.8. The smallest absolute Gasteiger partial charge is 0.327 e. The predicted molar refractivity (Wildman–Crippen MR) is 122 cm³/mol. The Labute approximate surface area is 183 Å². The summed E-state index contributed by atoms with van der Waals surface area (Å²) < 4.78 is 28.5. The van der Waals surface area contributed by atoms with Crippen molar-refractivity contribution in [2.45, 2.75) is 19.4 Å². The Hall–Kier alpha value is -3.36. The molecule has 0 saturated carbocycles. The van der Waals surface area contributed by atoms with Gasteiger partial charge in [0.1, 0.15) is 11.8 Å². The van der Waals surface area contributed by atoms with Crippen molar-refractivity contribution in [1.29, 1.82) is 0 Å². The van der Waals surface area contributed by atoms with E-state index in [1.807, 2.05) is 19.1 Å². The SMILES string of the molecule is CCOc1cccc(CC(C(=O)O)N(c2ccc(-c3ccc(N)cc3)cc2)S(=O)O)c1. The van der Waals surface area contributed by atoms with E-state index in [0.29, 0.717) is 29.3 Å². The van der Waals surface area contributed by atoms with Crippen LogP contribution in [0.25, 0.3) is 11.1 Å². The molecule has 2 unspecified atom stereocenters. The van der Waals surface area contributed by atoms with Crippen LogP contribution >= 0.6 is 0 Å². The third-order valence-electron chi connectivity index (χ3n) is 4.74. The Morgan fingerprint density at radius 1 is 1.06 bits per heavy atom. The van der Waals surface area contributed by atoms with Crippen LogP contribution < -0.4 is 14.8 Å². The number of rotatable bonds is 9. The maximum absolute atomic E-state index is 12.1. The number of nitrogens with zero attached hydrogens (tertiary/aromatic N) is 1. The fourth-order valence-corrected chi connectivity index (χ4v) is 3.96. The van der Waals surface area contributed by atoms with Crippen molar-refractivity contribution < 1.29 is 23.4 Å². The van der Waals surface area contributed by atoms with Gasteiger partial charge >= 0.3 is 5.97 Å². The monoisotopic (exact) mass is 440 g/mol. The number of ether oxygens (including phenoxy) is 1. The first kappa shape index (κ1) is 22.3. The van der Waals surface area contributed by atoms with E-state index in [2.05, 4.69) is 0 Å². The molecule has 31 heavy (non-hydrogen) atoms. The maximum atomic E-state index is 12.1. The van der Waals surface area contributed by atoms with E-state index in [4.69, 9.17) is 10.5 Å². The van der Waals surface area contributed by atoms with Crippen LogP contribution in [0.5, 0.6) is 5.75 Å². The molecular weight excluding hydrogens is 416 g/mol. The molecule has 0 spiro atoms. The van der Waals surface area contributed by atoms with Gasteiger partial charge < -0.3 is 15.6 Å². The van der Waals surface area contributed by atoms with E-state index in [1.165, 1.54) is 0 Å². The summed E-state index contributed by atoms with van der Waals surface area (Å²) in [7, 11) is 0. The van der Waals surface area contributed by atoms with E-state index in [9.17, 15) is 18.7 Å². The van der Waals surface area contributed by atoms with E-state index in [-0.39, 0.29) is 6.42 Å². The minimum atomic E-state index is -2.54. The van der Waals surface area contributed by atoms with Gasteiger partial charge in [-0.1, -0.05) is 36.4 Å². The fraction of sp³-hybridized carbons (Fsp3) is 0.174. The van der Waals surface area contributed by atoms with Crippen molar-refractivity contribution in [2.24, 2.45) is 0 Å². The fourth-order valence-electron chi connectivity index (χ4n) is 3.28. The molecule has 0 radical (unpaired) electrons. The third kappa shape index (κ3) is 5.62. The molecule has 0 heterocycles. The molecule has 3 aromatic carbocycles. The highest BCUT2D eigenvalue weighted by atomic mass is 32.2. The van der Waals surface area contributed by atoms with Gasteiger partial charge in [-0.2, -0.15) is 0 Å². The number of hydrogen-bond acceptors (Lipinski definition) is 4. The summed E-state index contributed by atoms with van der Waals surface area (Å²) >= 11 is -2.54. The van der Waals surface area contributed by atoms with E-state index < -0.39 is 23.3 Å². The zero-order valence-corrected chi connectivity index (χ0v) is 17.8. The zero-order chi connectivity index (χ0) is 22.4. The quantitative estimate of drug-likeness (QED) is 0.343. The van der Waals surface area contributed by atoms with Crippen molar-refractivity contribution >= 4 is 28.6 Å². The normalized spacial score (nSPS) is 12.7. The van der Waals surface area contributed by atoms with E-state index in [1.54, 1.807) is 60.7 Å². The molecule has 0 aliphatic carbocycles. The average Bonchev–Trinajstić information content (AvgIpc) is 2.74. The minimum absolute atomic E-state index is 0.0300. The summed E-state index contributed by atoms with van der Waals surface area (Å²) in [6, 6.07) is 19.9. The van der Waals surface area contributed by atoms with Gasteiger partial charge in [0.25, 0.3) is 11.3 Å². The van der Waals surface area contributed by atoms with E-state index in [0.717, 1.165) is 15.4 Å². The van der Waals surface area contributed by atoms with Crippen molar-refractivity contribution in [3.63, 3.8) is 0 Å². The lowest BCUT2D eigenvalue weighted by molar-refractivity contribution is -0.138. The van der Waals surface area contributed by atoms with Gasteiger partial charge in [0.15, 0.2) is 0 Å². The molecular formula is C23H24N2O5S. The van der Waals surface area contributed by atoms with Crippen molar-refractivity contribution in [3.05, 3.63) is 78.4 Å². The third-order valence-corrected chi connectivity index (χ3v) is 5.54. The zero-order valence-electron chi connectivity index (χ0n) is 17.0. The number of carboxylic acid groups (broad SMARTS) is 1. The molecule has 0 fully saturated rings. The lowest BCUT2D eigenvalue weighted by Gasteiger charge is -2.27. The van der Waals surface area contributed by atoms with Crippen LogP contribution in [0.3, 0.4) is 0 Å². The molecule has 8 heteroatoms. The Morgan fingerprint density at radius 3 is 2.23 bits per heavy atom. The molecule has 7 nitrogen and oxygen atoms in total. The lowest BCUT2D eigenvalue weighted by atomic mass is 10.0. The summed E-state index contributed by atoms with van der Waals surface area (Å²) in [5, 5.41) is 9.82.